The van der Waals surface area contributed by atoms with E-state index in [4.69, 9.17) is 4.74 Å². The van der Waals surface area contributed by atoms with E-state index >= 15 is 0 Å². The van der Waals surface area contributed by atoms with Gasteiger partial charge in [0.2, 0.25) is 0 Å². The highest BCUT2D eigenvalue weighted by Crippen LogP contribution is 2.15. The standard InChI is InChI=1S/C12H18O4S/c1-9(17(3,14)15)12(13)8-10-4-6-11(16-2)7-5-10/h4-7,9,12-13H,8H2,1-3H3. The third-order valence-corrected chi connectivity index (χ3v) is 4.49. The molecule has 2 unspecified atom stereocenters. The second-order valence-corrected chi connectivity index (χ2v) is 6.56. The molecule has 0 saturated carbocycles. The fraction of sp³-hybridized carbons (Fsp3) is 0.500. The molecule has 0 spiro atoms. The molecule has 5 heteroatoms. The number of hydrogen-bond acceptors (Lipinski definition) is 4. The summed E-state index contributed by atoms with van der Waals surface area (Å²) in [6.45, 7) is 1.52. The summed E-state index contributed by atoms with van der Waals surface area (Å²) >= 11 is 0. The van der Waals surface area contributed by atoms with Crippen molar-refractivity contribution in [2.24, 2.45) is 0 Å². The first-order valence-electron chi connectivity index (χ1n) is 5.34. The van der Waals surface area contributed by atoms with Gasteiger partial charge in [0.1, 0.15) is 5.75 Å². The predicted molar refractivity (Wildman–Crippen MR) is 67.0 cm³/mol. The first-order valence-corrected chi connectivity index (χ1v) is 7.30. The van der Waals surface area contributed by atoms with Crippen molar-refractivity contribution >= 4 is 9.84 Å². The molecular weight excluding hydrogens is 240 g/mol. The van der Waals surface area contributed by atoms with E-state index in [2.05, 4.69) is 0 Å². The van der Waals surface area contributed by atoms with Crippen molar-refractivity contribution in [1.82, 2.24) is 0 Å². The molecule has 17 heavy (non-hydrogen) atoms. The Kier molecular flexibility index (Phi) is 4.54. The van der Waals surface area contributed by atoms with Gasteiger partial charge in [0.25, 0.3) is 0 Å². The average molecular weight is 258 g/mol. The first-order chi connectivity index (χ1) is 7.84. The molecule has 1 aromatic carbocycles. The van der Waals surface area contributed by atoms with Crippen LogP contribution in [0.2, 0.25) is 0 Å². The van der Waals surface area contributed by atoms with Crippen molar-refractivity contribution in [3.05, 3.63) is 29.8 Å². The van der Waals surface area contributed by atoms with Crippen LogP contribution < -0.4 is 4.74 Å². The Balaban J connectivity index is 2.71. The molecule has 2 atom stereocenters. The van der Waals surface area contributed by atoms with Gasteiger partial charge < -0.3 is 9.84 Å². The molecule has 1 rings (SSSR count). The lowest BCUT2D eigenvalue weighted by molar-refractivity contribution is 0.173. The van der Waals surface area contributed by atoms with Crippen LogP contribution in [-0.4, -0.2) is 38.2 Å². The molecule has 0 radical (unpaired) electrons. The second kappa shape index (κ2) is 5.51. The van der Waals surface area contributed by atoms with Crippen LogP contribution in [0.4, 0.5) is 0 Å². The van der Waals surface area contributed by atoms with Crippen LogP contribution >= 0.6 is 0 Å². The van der Waals surface area contributed by atoms with E-state index in [0.717, 1.165) is 17.6 Å². The number of ether oxygens (including phenoxy) is 1. The minimum absolute atomic E-state index is 0.318. The van der Waals surface area contributed by atoms with Gasteiger partial charge in [0.05, 0.1) is 18.5 Å². The summed E-state index contributed by atoms with van der Waals surface area (Å²) in [5.74, 6) is 0.736. The summed E-state index contributed by atoms with van der Waals surface area (Å²) in [6.07, 6.45) is 0.561. The van der Waals surface area contributed by atoms with Crippen LogP contribution in [0.1, 0.15) is 12.5 Å². The van der Waals surface area contributed by atoms with Crippen LogP contribution in [0.3, 0.4) is 0 Å². The Hall–Kier alpha value is -1.07. The van der Waals surface area contributed by atoms with Crippen molar-refractivity contribution in [2.75, 3.05) is 13.4 Å². The number of aliphatic hydroxyl groups is 1. The van der Waals surface area contributed by atoms with Gasteiger partial charge in [-0.2, -0.15) is 0 Å². The maximum atomic E-state index is 11.3. The average Bonchev–Trinajstić information content (AvgIpc) is 2.27. The Bertz CT molecular complexity index is 450. The Morgan fingerprint density at radius 3 is 2.24 bits per heavy atom. The molecule has 0 aromatic heterocycles. The minimum Gasteiger partial charge on any atom is -0.497 e. The largest absolute Gasteiger partial charge is 0.497 e. The van der Waals surface area contributed by atoms with Gasteiger partial charge in [0, 0.05) is 6.26 Å². The molecule has 0 heterocycles. The summed E-state index contributed by atoms with van der Waals surface area (Å²) in [5, 5.41) is 9.06. The van der Waals surface area contributed by atoms with Crippen LogP contribution in [-0.2, 0) is 16.3 Å². The summed E-state index contributed by atoms with van der Waals surface area (Å²) in [7, 11) is -1.63. The first kappa shape index (κ1) is 14.0. The van der Waals surface area contributed by atoms with E-state index < -0.39 is 21.2 Å². The van der Waals surface area contributed by atoms with E-state index in [1.54, 1.807) is 19.2 Å². The Morgan fingerprint density at radius 1 is 1.29 bits per heavy atom. The van der Waals surface area contributed by atoms with E-state index in [1.807, 2.05) is 12.1 Å². The van der Waals surface area contributed by atoms with Crippen LogP contribution in [0.5, 0.6) is 5.75 Å². The van der Waals surface area contributed by atoms with Gasteiger partial charge in [-0.25, -0.2) is 8.42 Å². The molecule has 0 aliphatic rings. The van der Waals surface area contributed by atoms with Crippen LogP contribution in [0, 0.1) is 0 Å². The van der Waals surface area contributed by atoms with Gasteiger partial charge in [-0.1, -0.05) is 12.1 Å². The highest BCUT2D eigenvalue weighted by atomic mass is 32.2. The maximum Gasteiger partial charge on any atom is 0.152 e. The molecule has 1 N–H and O–H groups in total. The lowest BCUT2D eigenvalue weighted by Crippen LogP contribution is -2.32. The molecule has 0 fully saturated rings. The topological polar surface area (TPSA) is 63.6 Å². The second-order valence-electron chi connectivity index (χ2n) is 4.15. The highest BCUT2D eigenvalue weighted by molar-refractivity contribution is 7.91. The molecule has 96 valence electrons. The van der Waals surface area contributed by atoms with Crippen molar-refractivity contribution in [2.45, 2.75) is 24.7 Å². The van der Waals surface area contributed by atoms with Crippen LogP contribution in [0.25, 0.3) is 0 Å². The zero-order valence-electron chi connectivity index (χ0n) is 10.3. The molecule has 0 amide bonds. The van der Waals surface area contributed by atoms with Crippen molar-refractivity contribution in [3.8, 4) is 5.75 Å². The Morgan fingerprint density at radius 2 is 1.82 bits per heavy atom. The Labute approximate surface area is 102 Å². The summed E-state index contributed by atoms with van der Waals surface area (Å²) in [6, 6.07) is 7.20. The molecule has 0 aliphatic heterocycles. The maximum absolute atomic E-state index is 11.3. The number of rotatable bonds is 5. The van der Waals surface area contributed by atoms with E-state index in [0.29, 0.717) is 6.42 Å². The minimum atomic E-state index is -3.21. The summed E-state index contributed by atoms with van der Waals surface area (Å²) < 4.78 is 27.6. The molecule has 4 nitrogen and oxygen atoms in total. The lowest BCUT2D eigenvalue weighted by Gasteiger charge is -2.17. The fourth-order valence-electron chi connectivity index (χ4n) is 1.45. The van der Waals surface area contributed by atoms with Gasteiger partial charge in [0.15, 0.2) is 9.84 Å². The predicted octanol–water partition coefficient (Wildman–Crippen LogP) is 1.03. The molecule has 1 aromatic rings. The fourth-order valence-corrected chi connectivity index (χ4v) is 2.12. The van der Waals surface area contributed by atoms with Crippen LogP contribution in [0.15, 0.2) is 24.3 Å². The van der Waals surface area contributed by atoms with E-state index in [-0.39, 0.29) is 0 Å². The van der Waals surface area contributed by atoms with Gasteiger partial charge >= 0.3 is 0 Å². The summed E-state index contributed by atoms with van der Waals surface area (Å²) in [4.78, 5) is 0. The normalized spacial score (nSPS) is 15.3. The van der Waals surface area contributed by atoms with E-state index in [9.17, 15) is 13.5 Å². The summed E-state index contributed by atoms with van der Waals surface area (Å²) in [5.41, 5.74) is 0.883. The van der Waals surface area contributed by atoms with Crippen molar-refractivity contribution in [1.29, 1.82) is 0 Å². The third kappa shape index (κ3) is 4.02. The van der Waals surface area contributed by atoms with Crippen molar-refractivity contribution < 1.29 is 18.3 Å². The van der Waals surface area contributed by atoms with Gasteiger partial charge in [-0.15, -0.1) is 0 Å². The van der Waals surface area contributed by atoms with Gasteiger partial charge in [-0.3, -0.25) is 0 Å². The molecule has 0 aliphatic carbocycles. The number of benzene rings is 1. The number of methoxy groups -OCH3 is 1. The highest BCUT2D eigenvalue weighted by Gasteiger charge is 2.23. The molecule has 0 saturated heterocycles. The monoisotopic (exact) mass is 258 g/mol. The van der Waals surface area contributed by atoms with Crippen molar-refractivity contribution in [3.63, 3.8) is 0 Å². The third-order valence-electron chi connectivity index (χ3n) is 2.82. The zero-order valence-corrected chi connectivity index (χ0v) is 11.1. The molecular formula is C12H18O4S. The number of sulfone groups is 1. The SMILES string of the molecule is COc1ccc(CC(O)C(C)S(C)(=O)=O)cc1. The smallest absolute Gasteiger partial charge is 0.152 e. The zero-order chi connectivity index (χ0) is 13.1. The number of hydrogen-bond donors (Lipinski definition) is 1. The lowest BCUT2D eigenvalue weighted by atomic mass is 10.1. The number of aliphatic hydroxyl groups excluding tert-OH is 1. The quantitative estimate of drug-likeness (QED) is 0.857. The van der Waals surface area contributed by atoms with E-state index in [1.165, 1.54) is 6.92 Å². The van der Waals surface area contributed by atoms with Gasteiger partial charge in [-0.05, 0) is 31.0 Å². The molecule has 0 bridgehead atoms.